The van der Waals surface area contributed by atoms with Crippen LogP contribution in [-0.4, -0.2) is 22.3 Å². The van der Waals surface area contributed by atoms with Gasteiger partial charge in [0, 0.05) is 12.1 Å². The number of benzene rings is 1. The minimum absolute atomic E-state index is 0.537. The summed E-state index contributed by atoms with van der Waals surface area (Å²) in [5.41, 5.74) is -0.542. The third kappa shape index (κ3) is 2.41. The number of nitro benzene ring substituents is 1. The van der Waals surface area contributed by atoms with Gasteiger partial charge in [0.15, 0.2) is 5.75 Å². The molecule has 0 fully saturated rings. The molecule has 0 aromatic heterocycles. The zero-order valence-corrected chi connectivity index (χ0v) is 6.75. The highest BCUT2D eigenvalue weighted by Crippen LogP contribution is 2.27. The zero-order chi connectivity index (χ0) is 10.7. The Balaban J connectivity index is 3.09. The van der Waals surface area contributed by atoms with Crippen molar-refractivity contribution in [2.24, 2.45) is 0 Å². The molecule has 8 heteroatoms. The molecule has 0 aliphatic heterocycles. The molecule has 14 heavy (non-hydrogen) atoms. The van der Waals surface area contributed by atoms with Gasteiger partial charge in [-0.1, -0.05) is 0 Å². The third-order valence-corrected chi connectivity index (χ3v) is 1.35. The molecule has 0 heterocycles. The van der Waals surface area contributed by atoms with Gasteiger partial charge < -0.3 is 14.7 Å². The van der Waals surface area contributed by atoms with Crippen LogP contribution in [0.1, 0.15) is 0 Å². The van der Waals surface area contributed by atoms with Crippen LogP contribution in [0.3, 0.4) is 0 Å². The third-order valence-electron chi connectivity index (χ3n) is 1.35. The number of nitro groups is 1. The smallest absolute Gasteiger partial charge is 0.507 e. The second-order valence-corrected chi connectivity index (χ2v) is 2.31. The lowest BCUT2D eigenvalue weighted by molar-refractivity contribution is -0.385. The van der Waals surface area contributed by atoms with Gasteiger partial charge in [0.1, 0.15) is 5.82 Å². The van der Waals surface area contributed by atoms with Gasteiger partial charge in [-0.05, 0) is 6.07 Å². The maximum atomic E-state index is 12.6. The number of hydrogen-bond donors (Lipinski definition) is 2. The summed E-state index contributed by atoms with van der Waals surface area (Å²) in [7, 11) is -2.23. The Labute approximate surface area is 77.9 Å². The van der Waals surface area contributed by atoms with E-state index in [4.69, 9.17) is 10.0 Å². The van der Waals surface area contributed by atoms with E-state index in [1.54, 1.807) is 0 Å². The van der Waals surface area contributed by atoms with Gasteiger partial charge in [0.05, 0.1) is 4.92 Å². The molecule has 0 aliphatic rings. The molecule has 1 aromatic rings. The Morgan fingerprint density at radius 1 is 1.50 bits per heavy atom. The Hall–Kier alpha value is -1.67. The summed E-state index contributed by atoms with van der Waals surface area (Å²) in [6.07, 6.45) is 0. The molecule has 0 bridgehead atoms. The summed E-state index contributed by atoms with van der Waals surface area (Å²) in [5.74, 6) is -1.31. The first kappa shape index (κ1) is 10.4. The lowest BCUT2D eigenvalue weighted by Crippen LogP contribution is -2.21. The highest BCUT2D eigenvalue weighted by atomic mass is 19.1. The lowest BCUT2D eigenvalue weighted by atomic mass is 10.2. The molecule has 1 rings (SSSR count). The van der Waals surface area contributed by atoms with Crippen molar-refractivity contribution in [3.8, 4) is 5.75 Å². The fourth-order valence-corrected chi connectivity index (χ4v) is 0.847. The number of halogens is 1. The van der Waals surface area contributed by atoms with Crippen LogP contribution in [0.15, 0.2) is 18.2 Å². The molecule has 2 N–H and O–H groups in total. The van der Waals surface area contributed by atoms with Crippen molar-refractivity contribution in [3.05, 3.63) is 34.1 Å². The van der Waals surface area contributed by atoms with Gasteiger partial charge in [-0.3, -0.25) is 10.1 Å². The van der Waals surface area contributed by atoms with Crippen molar-refractivity contribution >= 4 is 13.0 Å². The van der Waals surface area contributed by atoms with Crippen LogP contribution in [0.2, 0.25) is 0 Å². The van der Waals surface area contributed by atoms with Crippen LogP contribution in [0.5, 0.6) is 5.75 Å². The molecule has 0 radical (unpaired) electrons. The van der Waals surface area contributed by atoms with E-state index in [0.29, 0.717) is 6.07 Å². The summed E-state index contributed by atoms with van der Waals surface area (Å²) in [6, 6.07) is 2.43. The van der Waals surface area contributed by atoms with Gasteiger partial charge in [-0.15, -0.1) is 0 Å². The van der Waals surface area contributed by atoms with Crippen molar-refractivity contribution in [1.29, 1.82) is 0 Å². The number of hydrogen-bond acceptors (Lipinski definition) is 5. The lowest BCUT2D eigenvalue weighted by Gasteiger charge is -2.04. The first-order valence-electron chi connectivity index (χ1n) is 3.47. The van der Waals surface area contributed by atoms with Crippen LogP contribution in [0, 0.1) is 15.9 Å². The zero-order valence-electron chi connectivity index (χ0n) is 6.75. The molecule has 0 spiro atoms. The predicted molar refractivity (Wildman–Crippen MR) is 43.9 cm³/mol. The first-order valence-corrected chi connectivity index (χ1v) is 3.47. The maximum Gasteiger partial charge on any atom is 0.707 e. The minimum Gasteiger partial charge on any atom is -0.507 e. The molecule has 0 atom stereocenters. The van der Waals surface area contributed by atoms with Crippen molar-refractivity contribution in [2.75, 3.05) is 0 Å². The number of nitrogens with zero attached hydrogens (tertiary/aromatic N) is 1. The van der Waals surface area contributed by atoms with Crippen LogP contribution in [0.4, 0.5) is 10.1 Å². The normalized spacial score (nSPS) is 9.64. The van der Waals surface area contributed by atoms with E-state index in [2.05, 4.69) is 4.65 Å². The largest absolute Gasteiger partial charge is 0.707 e. The summed E-state index contributed by atoms with van der Waals surface area (Å²) in [6.45, 7) is 0. The van der Waals surface area contributed by atoms with Crippen LogP contribution >= 0.6 is 0 Å². The van der Waals surface area contributed by atoms with E-state index in [1.165, 1.54) is 0 Å². The van der Waals surface area contributed by atoms with Crippen molar-refractivity contribution in [1.82, 2.24) is 0 Å². The van der Waals surface area contributed by atoms with Gasteiger partial charge in [0.25, 0.3) is 0 Å². The van der Waals surface area contributed by atoms with Crippen LogP contribution < -0.4 is 4.65 Å². The van der Waals surface area contributed by atoms with E-state index >= 15 is 0 Å². The SMILES string of the molecule is O=[N+]([O-])c1ccc(F)cc1OB(O)O. The molecular weight excluding hydrogens is 196 g/mol. The Bertz CT molecular complexity index is 358. The Morgan fingerprint density at radius 3 is 2.64 bits per heavy atom. The van der Waals surface area contributed by atoms with E-state index in [-0.39, 0.29) is 0 Å². The fourth-order valence-electron chi connectivity index (χ4n) is 0.847. The van der Waals surface area contributed by atoms with Crippen molar-refractivity contribution < 1.29 is 24.0 Å². The van der Waals surface area contributed by atoms with Gasteiger partial charge in [0.2, 0.25) is 0 Å². The molecule has 0 aliphatic carbocycles. The number of rotatable bonds is 3. The molecule has 0 amide bonds. The summed E-state index contributed by atoms with van der Waals surface area (Å²) in [5, 5.41) is 27.1. The maximum absolute atomic E-state index is 12.6. The topological polar surface area (TPSA) is 92.8 Å². The molecule has 74 valence electrons. The highest BCUT2D eigenvalue weighted by Gasteiger charge is 2.21. The van der Waals surface area contributed by atoms with Gasteiger partial charge in [-0.2, -0.15) is 0 Å². The molecule has 0 saturated carbocycles. The Morgan fingerprint density at radius 2 is 2.14 bits per heavy atom. The van der Waals surface area contributed by atoms with Crippen LogP contribution in [0.25, 0.3) is 0 Å². The molecule has 1 aromatic carbocycles. The van der Waals surface area contributed by atoms with E-state index in [1.807, 2.05) is 0 Å². The second-order valence-electron chi connectivity index (χ2n) is 2.31. The van der Waals surface area contributed by atoms with Crippen molar-refractivity contribution in [3.63, 3.8) is 0 Å². The monoisotopic (exact) mass is 201 g/mol. The molecule has 0 unspecified atom stereocenters. The molecule has 6 nitrogen and oxygen atoms in total. The fraction of sp³-hybridized carbons (Fsp3) is 0. The second kappa shape index (κ2) is 4.03. The molecule has 0 saturated heterocycles. The van der Waals surface area contributed by atoms with Crippen LogP contribution in [-0.2, 0) is 0 Å². The van der Waals surface area contributed by atoms with E-state index in [0.717, 1.165) is 12.1 Å². The Kier molecular flexibility index (Phi) is 3.00. The molecular formula is C6H5BFNO5. The van der Waals surface area contributed by atoms with E-state index < -0.39 is 29.5 Å². The van der Waals surface area contributed by atoms with Gasteiger partial charge in [-0.25, -0.2) is 4.39 Å². The van der Waals surface area contributed by atoms with Gasteiger partial charge >= 0.3 is 13.0 Å². The average Bonchev–Trinajstić information content (AvgIpc) is 2.01. The van der Waals surface area contributed by atoms with E-state index in [9.17, 15) is 14.5 Å². The van der Waals surface area contributed by atoms with Crippen molar-refractivity contribution in [2.45, 2.75) is 0 Å². The summed E-state index contributed by atoms with van der Waals surface area (Å²) < 4.78 is 16.8. The predicted octanol–water partition coefficient (Wildman–Crippen LogP) is 0.0822. The first-order chi connectivity index (χ1) is 6.50. The minimum atomic E-state index is -2.23. The summed E-state index contributed by atoms with van der Waals surface area (Å²) >= 11 is 0. The standard InChI is InChI=1S/C6H5BFNO5/c8-4-1-2-5(9(12)13)6(3-4)14-7(10)11/h1-3,10-11H. The average molecular weight is 201 g/mol. The quantitative estimate of drug-likeness (QED) is 0.410. The summed E-state index contributed by atoms with van der Waals surface area (Å²) in [4.78, 5) is 9.53. The highest BCUT2D eigenvalue weighted by molar-refractivity contribution is 6.33.